The average molecular weight is 421 g/mol. The molecule has 0 saturated carbocycles. The van der Waals surface area contributed by atoms with Crippen molar-refractivity contribution in [3.05, 3.63) is 40.9 Å². The van der Waals surface area contributed by atoms with E-state index < -0.39 is 0 Å². The molecule has 0 unspecified atom stereocenters. The molecule has 2 fully saturated rings. The van der Waals surface area contributed by atoms with E-state index in [4.69, 9.17) is 11.6 Å². The predicted molar refractivity (Wildman–Crippen MR) is 114 cm³/mol. The third kappa shape index (κ3) is 7.09. The number of halogens is 3. The fourth-order valence-electron chi connectivity index (χ4n) is 3.36. The number of amides is 1. The molecule has 0 aliphatic carbocycles. The lowest BCUT2D eigenvalue weighted by Gasteiger charge is -2.33. The highest BCUT2D eigenvalue weighted by Crippen LogP contribution is 2.21. The lowest BCUT2D eigenvalue weighted by molar-refractivity contribution is -0.133. The Morgan fingerprint density at radius 3 is 2.50 bits per heavy atom. The van der Waals surface area contributed by atoms with Gasteiger partial charge in [0.25, 0.3) is 0 Å². The molecule has 0 bridgehead atoms. The summed E-state index contributed by atoms with van der Waals surface area (Å²) in [4.78, 5) is 16.7. The number of nitrogens with zero attached hydrogens (tertiary/aromatic N) is 2. The Morgan fingerprint density at radius 1 is 1.15 bits per heavy atom. The molecule has 2 aliphatic rings. The van der Waals surface area contributed by atoms with Crippen LogP contribution in [0.25, 0.3) is 6.08 Å². The summed E-state index contributed by atoms with van der Waals surface area (Å²) in [7, 11) is 0. The maximum absolute atomic E-state index is 12.4. The molecular weight excluding hydrogens is 393 g/mol. The molecule has 1 amide bonds. The molecule has 1 aromatic carbocycles. The van der Waals surface area contributed by atoms with E-state index in [0.29, 0.717) is 12.5 Å². The number of piperazine rings is 1. The summed E-state index contributed by atoms with van der Waals surface area (Å²) in [5, 5.41) is 4.09. The van der Waals surface area contributed by atoms with Gasteiger partial charge in [0.1, 0.15) is 0 Å². The first-order valence-corrected chi connectivity index (χ1v) is 9.23. The molecule has 26 heavy (non-hydrogen) atoms. The van der Waals surface area contributed by atoms with Crippen LogP contribution in [0.2, 0.25) is 5.02 Å². The third-order valence-electron chi connectivity index (χ3n) is 4.87. The Labute approximate surface area is 173 Å². The zero-order valence-electron chi connectivity index (χ0n) is 14.9. The number of likely N-dealkylation sites (tertiary alicyclic amines) is 1. The largest absolute Gasteiger partial charge is 0.342 e. The van der Waals surface area contributed by atoms with Gasteiger partial charge in [-0.25, -0.2) is 0 Å². The molecule has 2 heterocycles. The zero-order valence-corrected chi connectivity index (χ0v) is 17.3. The molecule has 4 nitrogen and oxygen atoms in total. The Morgan fingerprint density at radius 2 is 1.85 bits per heavy atom. The summed E-state index contributed by atoms with van der Waals surface area (Å²) in [6, 6.07) is 7.90. The number of allylic oxidation sites excluding steroid dienone is 1. The number of benzene rings is 1. The summed E-state index contributed by atoms with van der Waals surface area (Å²) in [5.74, 6) is 0.835. The minimum Gasteiger partial charge on any atom is -0.342 e. The number of carbonyl (C=O) groups is 1. The van der Waals surface area contributed by atoms with Gasteiger partial charge in [-0.1, -0.05) is 35.9 Å². The molecule has 7 heteroatoms. The van der Waals surface area contributed by atoms with E-state index >= 15 is 0 Å². The molecule has 1 N–H and O–H groups in total. The van der Waals surface area contributed by atoms with Crippen molar-refractivity contribution in [1.82, 2.24) is 15.1 Å². The number of nitrogens with one attached hydrogen (secondary N) is 1. The molecule has 3 rings (SSSR count). The van der Waals surface area contributed by atoms with Gasteiger partial charge >= 0.3 is 0 Å². The van der Waals surface area contributed by atoms with Crippen molar-refractivity contribution >= 4 is 48.4 Å². The van der Waals surface area contributed by atoms with E-state index in [1.165, 1.54) is 0 Å². The normalized spacial score (nSPS) is 19.0. The van der Waals surface area contributed by atoms with Gasteiger partial charge in [-0.2, -0.15) is 0 Å². The first kappa shape index (κ1) is 23.3. The number of carbonyl (C=O) groups excluding carboxylic acids is 1. The Hall–Kier alpha value is -0.780. The molecule has 2 saturated heterocycles. The number of hydrogen-bond donors (Lipinski definition) is 1. The maximum atomic E-state index is 12.4. The van der Waals surface area contributed by atoms with Crippen molar-refractivity contribution in [3.63, 3.8) is 0 Å². The molecule has 0 radical (unpaired) electrons. The molecule has 0 spiro atoms. The Balaban J connectivity index is 0.00000169. The number of rotatable bonds is 4. The molecule has 0 atom stereocenters. The second kappa shape index (κ2) is 11.8. The van der Waals surface area contributed by atoms with Gasteiger partial charge in [-0.3, -0.25) is 9.69 Å². The van der Waals surface area contributed by atoms with Crippen LogP contribution in [0.15, 0.2) is 30.3 Å². The van der Waals surface area contributed by atoms with Crippen molar-refractivity contribution in [1.29, 1.82) is 0 Å². The van der Waals surface area contributed by atoms with E-state index in [-0.39, 0.29) is 30.7 Å². The summed E-state index contributed by atoms with van der Waals surface area (Å²) in [6.07, 6.45) is 6.51. The first-order chi connectivity index (χ1) is 11.7. The highest BCUT2D eigenvalue weighted by atomic mass is 35.5. The van der Waals surface area contributed by atoms with Gasteiger partial charge in [-0.15, -0.1) is 24.8 Å². The van der Waals surface area contributed by atoms with Crippen molar-refractivity contribution in [3.8, 4) is 0 Å². The van der Waals surface area contributed by atoms with Crippen LogP contribution < -0.4 is 5.32 Å². The molecule has 2 aliphatic heterocycles. The van der Waals surface area contributed by atoms with Gasteiger partial charge in [0.05, 0.1) is 6.54 Å². The fourth-order valence-corrected chi connectivity index (χ4v) is 3.56. The van der Waals surface area contributed by atoms with Crippen LogP contribution in [-0.2, 0) is 4.79 Å². The smallest absolute Gasteiger partial charge is 0.236 e. The van der Waals surface area contributed by atoms with Crippen molar-refractivity contribution in [2.24, 2.45) is 5.92 Å². The van der Waals surface area contributed by atoms with Crippen LogP contribution in [0.3, 0.4) is 0 Å². The molecule has 0 aromatic heterocycles. The number of hydrogen-bond acceptors (Lipinski definition) is 3. The maximum Gasteiger partial charge on any atom is 0.236 e. The van der Waals surface area contributed by atoms with E-state index in [1.807, 2.05) is 23.1 Å². The second-order valence-electron chi connectivity index (χ2n) is 6.66. The second-order valence-corrected chi connectivity index (χ2v) is 7.09. The predicted octanol–water partition coefficient (Wildman–Crippen LogP) is 3.34. The summed E-state index contributed by atoms with van der Waals surface area (Å²) in [6.45, 7) is 6.25. The minimum absolute atomic E-state index is 0. The van der Waals surface area contributed by atoms with Crippen molar-refractivity contribution in [2.45, 2.75) is 12.8 Å². The molecule has 146 valence electrons. The highest BCUT2D eigenvalue weighted by Gasteiger charge is 2.23. The van der Waals surface area contributed by atoms with Crippen LogP contribution in [-0.4, -0.2) is 61.5 Å². The van der Waals surface area contributed by atoms with Gasteiger partial charge < -0.3 is 10.2 Å². The van der Waals surface area contributed by atoms with Crippen LogP contribution >= 0.6 is 36.4 Å². The summed E-state index contributed by atoms with van der Waals surface area (Å²) < 4.78 is 0. The molecular formula is C19H28Cl3N3O. The van der Waals surface area contributed by atoms with Crippen LogP contribution in [0.1, 0.15) is 18.4 Å². The van der Waals surface area contributed by atoms with Crippen LogP contribution in [0, 0.1) is 5.92 Å². The van der Waals surface area contributed by atoms with Gasteiger partial charge in [0.2, 0.25) is 5.91 Å². The van der Waals surface area contributed by atoms with Gasteiger partial charge in [0, 0.05) is 44.3 Å². The molecule has 1 aromatic rings. The number of piperidine rings is 1. The lowest BCUT2D eigenvalue weighted by Crippen LogP contribution is -2.49. The first-order valence-electron chi connectivity index (χ1n) is 8.85. The topological polar surface area (TPSA) is 35.6 Å². The quantitative estimate of drug-likeness (QED) is 0.811. The van der Waals surface area contributed by atoms with Gasteiger partial charge in [0.15, 0.2) is 0 Å². The zero-order chi connectivity index (χ0) is 16.8. The summed E-state index contributed by atoms with van der Waals surface area (Å²) in [5.41, 5.74) is 1.14. The monoisotopic (exact) mass is 419 g/mol. The highest BCUT2D eigenvalue weighted by molar-refractivity contribution is 6.30. The minimum atomic E-state index is 0. The van der Waals surface area contributed by atoms with Crippen molar-refractivity contribution in [2.75, 3.05) is 45.8 Å². The third-order valence-corrected chi connectivity index (χ3v) is 5.11. The summed E-state index contributed by atoms with van der Waals surface area (Å²) >= 11 is 6.01. The van der Waals surface area contributed by atoms with E-state index in [1.54, 1.807) is 0 Å². The Kier molecular flexibility index (Phi) is 10.6. The van der Waals surface area contributed by atoms with Crippen LogP contribution in [0.4, 0.5) is 0 Å². The van der Waals surface area contributed by atoms with E-state index in [9.17, 15) is 4.79 Å². The van der Waals surface area contributed by atoms with E-state index in [2.05, 4.69) is 28.4 Å². The fraction of sp³-hybridized carbons (Fsp3) is 0.526. The lowest BCUT2D eigenvalue weighted by atomic mass is 9.95. The van der Waals surface area contributed by atoms with Crippen molar-refractivity contribution < 1.29 is 4.79 Å². The van der Waals surface area contributed by atoms with Crippen LogP contribution in [0.5, 0.6) is 0 Å². The van der Waals surface area contributed by atoms with E-state index in [0.717, 1.165) is 62.7 Å². The average Bonchev–Trinajstić information content (AvgIpc) is 2.61. The standard InChI is InChI=1S/C19H26ClN3O.2ClH/c20-18-3-1-2-17(14-18)5-4-16-6-10-23(11-7-16)19(24)15-22-12-8-21-9-13-22;;/h1-5,14,16,21H,6-13,15H2;2*1H. The Bertz CT molecular complexity index is 583. The van der Waals surface area contributed by atoms with Gasteiger partial charge in [-0.05, 0) is 36.5 Å². The SMILES string of the molecule is Cl.Cl.O=C(CN1CCNCC1)N1CCC(C=Cc2cccc(Cl)c2)CC1.